The fourth-order valence-electron chi connectivity index (χ4n) is 3.72. The normalized spacial score (nSPS) is 17.7. The molecule has 0 radical (unpaired) electrons. The summed E-state index contributed by atoms with van der Waals surface area (Å²) in [6, 6.07) is 0. The summed E-state index contributed by atoms with van der Waals surface area (Å²) >= 11 is 2.17. The maximum Gasteiger partial charge on any atom is 0.0878 e. The van der Waals surface area contributed by atoms with Crippen molar-refractivity contribution in [2.45, 2.75) is 90.9 Å². The Kier molecular flexibility index (Phi) is 12.7. The van der Waals surface area contributed by atoms with E-state index >= 15 is 0 Å². The van der Waals surface area contributed by atoms with Gasteiger partial charge in [0, 0.05) is 11.5 Å². The van der Waals surface area contributed by atoms with Gasteiger partial charge in [-0.15, -0.1) is 0 Å². The zero-order valence-corrected chi connectivity index (χ0v) is 16.4. The van der Waals surface area contributed by atoms with Gasteiger partial charge in [0.1, 0.15) is 0 Å². The number of nitrogens with zero attached hydrogens (tertiary/aromatic N) is 1. The Morgan fingerprint density at radius 3 is 1.59 bits per heavy atom. The highest BCUT2D eigenvalue weighted by atomic mass is 32.2. The molecule has 1 aliphatic heterocycles. The molecule has 0 saturated carbocycles. The summed E-state index contributed by atoms with van der Waals surface area (Å²) in [5.41, 5.74) is 0. The summed E-state index contributed by atoms with van der Waals surface area (Å²) in [6.45, 7) is 10.5. The summed E-state index contributed by atoms with van der Waals surface area (Å²) in [6.07, 6.45) is 17.4. The molecule has 1 fully saturated rings. The SMILES string of the molecule is CCCCCCCCCCCC[N+]1(CCCC)CCSCC1. The average Bonchev–Trinajstić information content (AvgIpc) is 2.56. The molecule has 1 aliphatic rings. The van der Waals surface area contributed by atoms with Gasteiger partial charge in [-0.1, -0.05) is 71.6 Å². The van der Waals surface area contributed by atoms with E-state index in [1.165, 1.54) is 119 Å². The van der Waals surface area contributed by atoms with Gasteiger partial charge in [0.25, 0.3) is 0 Å². The van der Waals surface area contributed by atoms with Crippen LogP contribution in [0.3, 0.4) is 0 Å². The van der Waals surface area contributed by atoms with Gasteiger partial charge in [-0.3, -0.25) is 0 Å². The van der Waals surface area contributed by atoms with Crippen LogP contribution >= 0.6 is 11.8 Å². The van der Waals surface area contributed by atoms with Crippen molar-refractivity contribution in [2.75, 3.05) is 37.7 Å². The molecule has 0 bridgehead atoms. The van der Waals surface area contributed by atoms with Crippen molar-refractivity contribution in [3.8, 4) is 0 Å². The summed E-state index contributed by atoms with van der Waals surface area (Å²) in [4.78, 5) is 0. The summed E-state index contributed by atoms with van der Waals surface area (Å²) < 4.78 is 1.46. The van der Waals surface area contributed by atoms with Gasteiger partial charge in [0.05, 0.1) is 26.2 Å². The molecule has 0 spiro atoms. The second-order valence-corrected chi connectivity index (χ2v) is 8.61. The lowest BCUT2D eigenvalue weighted by Gasteiger charge is -2.41. The monoisotopic (exact) mass is 328 g/mol. The molecule has 1 nitrogen and oxygen atoms in total. The second kappa shape index (κ2) is 13.7. The van der Waals surface area contributed by atoms with Crippen LogP contribution in [0.4, 0.5) is 0 Å². The number of unbranched alkanes of at least 4 members (excludes halogenated alkanes) is 10. The first-order valence-corrected chi connectivity index (χ1v) is 11.4. The third-order valence-corrected chi connectivity index (χ3v) is 6.33. The summed E-state index contributed by atoms with van der Waals surface area (Å²) in [7, 11) is 0. The van der Waals surface area contributed by atoms with Crippen molar-refractivity contribution in [3.05, 3.63) is 0 Å². The van der Waals surface area contributed by atoms with Crippen LogP contribution in [0.5, 0.6) is 0 Å². The topological polar surface area (TPSA) is 0 Å². The van der Waals surface area contributed by atoms with Crippen molar-refractivity contribution in [2.24, 2.45) is 0 Å². The lowest BCUT2D eigenvalue weighted by molar-refractivity contribution is -0.925. The Hall–Kier alpha value is 0.310. The fraction of sp³-hybridized carbons (Fsp3) is 1.00. The van der Waals surface area contributed by atoms with Crippen LogP contribution in [0.1, 0.15) is 90.9 Å². The maximum atomic E-state index is 2.34. The Balaban J connectivity index is 2.01. The molecule has 0 N–H and O–H groups in total. The Labute approximate surface area is 145 Å². The van der Waals surface area contributed by atoms with Crippen LogP contribution in [0, 0.1) is 0 Å². The van der Waals surface area contributed by atoms with Gasteiger partial charge >= 0.3 is 0 Å². The summed E-state index contributed by atoms with van der Waals surface area (Å²) in [5.74, 6) is 2.81. The molecular weight excluding hydrogens is 286 g/mol. The highest BCUT2D eigenvalue weighted by molar-refractivity contribution is 7.99. The van der Waals surface area contributed by atoms with Crippen LogP contribution in [0.15, 0.2) is 0 Å². The molecule has 132 valence electrons. The van der Waals surface area contributed by atoms with E-state index in [1.54, 1.807) is 0 Å². The number of thioether (sulfide) groups is 1. The molecule has 22 heavy (non-hydrogen) atoms. The third-order valence-electron chi connectivity index (χ3n) is 5.39. The minimum absolute atomic E-state index is 1.37. The van der Waals surface area contributed by atoms with Gasteiger partial charge in [0.2, 0.25) is 0 Å². The lowest BCUT2D eigenvalue weighted by Crippen LogP contribution is -2.54. The van der Waals surface area contributed by atoms with Crippen molar-refractivity contribution in [1.29, 1.82) is 0 Å². The molecular formula is C20H42NS+. The van der Waals surface area contributed by atoms with Crippen molar-refractivity contribution in [3.63, 3.8) is 0 Å². The van der Waals surface area contributed by atoms with Crippen LogP contribution in [-0.4, -0.2) is 42.2 Å². The number of hydrogen-bond donors (Lipinski definition) is 0. The highest BCUT2D eigenvalue weighted by Crippen LogP contribution is 2.21. The molecule has 0 unspecified atom stereocenters. The Morgan fingerprint density at radius 2 is 1.05 bits per heavy atom. The van der Waals surface area contributed by atoms with E-state index in [9.17, 15) is 0 Å². The second-order valence-electron chi connectivity index (χ2n) is 7.38. The van der Waals surface area contributed by atoms with Gasteiger partial charge in [-0.05, 0) is 19.3 Å². The molecule has 1 rings (SSSR count). The number of quaternary nitrogens is 1. The Morgan fingerprint density at radius 1 is 0.591 bits per heavy atom. The van der Waals surface area contributed by atoms with E-state index in [4.69, 9.17) is 0 Å². The average molecular weight is 329 g/mol. The molecule has 2 heteroatoms. The molecule has 0 atom stereocenters. The first-order valence-electron chi connectivity index (χ1n) is 10.3. The lowest BCUT2D eigenvalue weighted by atomic mass is 10.1. The smallest absolute Gasteiger partial charge is 0.0878 e. The number of hydrogen-bond acceptors (Lipinski definition) is 1. The van der Waals surface area contributed by atoms with Crippen LogP contribution in [-0.2, 0) is 0 Å². The first-order chi connectivity index (χ1) is 10.8. The Bertz CT molecular complexity index is 236. The molecule has 0 aromatic rings. The minimum atomic E-state index is 1.37. The quantitative estimate of drug-likeness (QED) is 0.267. The van der Waals surface area contributed by atoms with Crippen molar-refractivity contribution < 1.29 is 4.48 Å². The van der Waals surface area contributed by atoms with E-state index in [0.29, 0.717) is 0 Å². The standard InChI is InChI=1S/C20H42NS/c1-3-5-7-8-9-10-11-12-13-14-16-21(15-6-4-2)17-19-22-20-18-21/h3-20H2,1-2H3/q+1. The van der Waals surface area contributed by atoms with Crippen LogP contribution in [0.25, 0.3) is 0 Å². The van der Waals surface area contributed by atoms with E-state index in [1.807, 2.05) is 0 Å². The molecule has 0 aromatic carbocycles. The van der Waals surface area contributed by atoms with Gasteiger partial charge < -0.3 is 4.48 Å². The van der Waals surface area contributed by atoms with Gasteiger partial charge in [-0.2, -0.15) is 11.8 Å². The molecule has 0 aliphatic carbocycles. The van der Waals surface area contributed by atoms with Gasteiger partial charge in [-0.25, -0.2) is 0 Å². The van der Waals surface area contributed by atoms with E-state index < -0.39 is 0 Å². The zero-order chi connectivity index (χ0) is 15.9. The number of rotatable bonds is 14. The van der Waals surface area contributed by atoms with Crippen LogP contribution < -0.4 is 0 Å². The first kappa shape index (κ1) is 20.4. The predicted octanol–water partition coefficient (Wildman–Crippen LogP) is 6.27. The van der Waals surface area contributed by atoms with Gasteiger partial charge in [0.15, 0.2) is 0 Å². The molecule has 1 heterocycles. The highest BCUT2D eigenvalue weighted by Gasteiger charge is 2.28. The van der Waals surface area contributed by atoms with Crippen molar-refractivity contribution >= 4 is 11.8 Å². The molecule has 0 amide bonds. The maximum absolute atomic E-state index is 2.34. The third kappa shape index (κ3) is 9.45. The van der Waals surface area contributed by atoms with Crippen LogP contribution in [0.2, 0.25) is 0 Å². The summed E-state index contributed by atoms with van der Waals surface area (Å²) in [5, 5.41) is 0. The van der Waals surface area contributed by atoms with E-state index in [0.717, 1.165) is 0 Å². The zero-order valence-electron chi connectivity index (χ0n) is 15.6. The fourth-order valence-corrected chi connectivity index (χ4v) is 4.95. The molecule has 1 saturated heterocycles. The van der Waals surface area contributed by atoms with Crippen molar-refractivity contribution in [1.82, 2.24) is 0 Å². The largest absolute Gasteiger partial charge is 0.322 e. The van der Waals surface area contributed by atoms with E-state index in [2.05, 4.69) is 25.6 Å². The predicted molar refractivity (Wildman–Crippen MR) is 104 cm³/mol. The molecule has 0 aromatic heterocycles. The minimum Gasteiger partial charge on any atom is -0.322 e. The van der Waals surface area contributed by atoms with E-state index in [-0.39, 0.29) is 0 Å².